The van der Waals surface area contributed by atoms with Gasteiger partial charge in [-0.3, -0.25) is 14.3 Å². The molecule has 0 saturated heterocycles. The van der Waals surface area contributed by atoms with Crippen LogP contribution in [0.2, 0.25) is 5.02 Å². The minimum Gasteiger partial charge on any atom is -0.469 e. The summed E-state index contributed by atoms with van der Waals surface area (Å²) in [4.78, 5) is 45.5. The fourth-order valence-corrected chi connectivity index (χ4v) is 3.78. The van der Waals surface area contributed by atoms with Gasteiger partial charge in [0.05, 0.1) is 25.3 Å². The van der Waals surface area contributed by atoms with Gasteiger partial charge >= 0.3 is 17.3 Å². The molecule has 4 rings (SSSR count). The summed E-state index contributed by atoms with van der Waals surface area (Å²) >= 11 is 6.01. The Morgan fingerprint density at radius 2 is 1.92 bits per heavy atom. The fourth-order valence-electron chi connectivity index (χ4n) is 3.65. The second kappa shape index (κ2) is 10.8. The van der Waals surface area contributed by atoms with E-state index in [1.54, 1.807) is 37.3 Å². The zero-order valence-electron chi connectivity index (χ0n) is 20.4. The first kappa shape index (κ1) is 25.3. The third kappa shape index (κ3) is 6.04. The van der Waals surface area contributed by atoms with Crippen LogP contribution in [0.15, 0.2) is 57.0 Å². The number of benzene rings is 2. The molecule has 8 nitrogen and oxygen atoms in total. The van der Waals surface area contributed by atoms with Crippen LogP contribution in [0.1, 0.15) is 36.5 Å². The van der Waals surface area contributed by atoms with Gasteiger partial charge in [-0.25, -0.2) is 19.1 Å². The van der Waals surface area contributed by atoms with Crippen molar-refractivity contribution in [1.29, 1.82) is 0 Å². The number of nitrogens with zero attached hydrogens (tertiary/aromatic N) is 3. The number of nitrogens with one attached hydrogen (secondary N) is 1. The number of methoxy groups -OCH3 is 1. The molecule has 0 amide bonds. The van der Waals surface area contributed by atoms with Crippen LogP contribution in [0, 0.1) is 30.6 Å². The monoisotopic (exact) mass is 506 g/mol. The molecule has 1 N–H and O–H groups in total. The Hall–Kier alpha value is -3.83. The van der Waals surface area contributed by atoms with E-state index in [1.165, 1.54) is 11.7 Å². The zero-order chi connectivity index (χ0) is 25.8. The maximum Gasteiger partial charge on any atom is 0.335 e. The predicted molar refractivity (Wildman–Crippen MR) is 137 cm³/mol. The average Bonchev–Trinajstić information content (AvgIpc) is 3.68. The quantitative estimate of drug-likeness (QED) is 0.410. The van der Waals surface area contributed by atoms with E-state index >= 15 is 0 Å². The molecule has 9 heteroatoms. The number of H-pyrrole nitrogens is 1. The highest BCUT2D eigenvalue weighted by Gasteiger charge is 2.19. The van der Waals surface area contributed by atoms with Crippen molar-refractivity contribution in [3.8, 4) is 11.8 Å². The molecule has 1 aliphatic rings. The van der Waals surface area contributed by atoms with Gasteiger partial charge in [-0.05, 0) is 61.2 Å². The number of ether oxygens (including phenoxy) is 1. The molecule has 0 spiro atoms. The highest BCUT2D eigenvalue weighted by atomic mass is 35.5. The third-order valence-electron chi connectivity index (χ3n) is 5.93. The van der Waals surface area contributed by atoms with Gasteiger partial charge < -0.3 is 4.74 Å². The average molecular weight is 507 g/mol. The number of rotatable bonds is 6. The molecule has 186 valence electrons. The molecule has 1 fully saturated rings. The van der Waals surface area contributed by atoms with Crippen molar-refractivity contribution in [3.05, 3.63) is 90.8 Å². The Balaban J connectivity index is 1.80. The zero-order valence-corrected chi connectivity index (χ0v) is 21.1. The van der Waals surface area contributed by atoms with E-state index in [4.69, 9.17) is 16.3 Å². The Bertz CT molecular complexity index is 1530. The summed E-state index contributed by atoms with van der Waals surface area (Å²) in [5, 5.41) is 0.569. The number of hydrogen-bond acceptors (Lipinski definition) is 5. The summed E-state index contributed by atoms with van der Waals surface area (Å²) in [7, 11) is 1.26. The van der Waals surface area contributed by atoms with Crippen molar-refractivity contribution in [1.82, 2.24) is 14.1 Å². The molecule has 0 bridgehead atoms. The first-order valence-corrected chi connectivity index (χ1v) is 12.1. The maximum atomic E-state index is 13.4. The molecule has 1 aromatic heterocycles. The largest absolute Gasteiger partial charge is 0.469 e. The summed E-state index contributed by atoms with van der Waals surface area (Å²) in [6.45, 7) is 3.56. The smallest absolute Gasteiger partial charge is 0.335 e. The predicted octanol–water partition coefficient (Wildman–Crippen LogP) is 3.15. The van der Waals surface area contributed by atoms with Crippen LogP contribution >= 0.6 is 11.6 Å². The Morgan fingerprint density at radius 1 is 1.19 bits per heavy atom. The number of aromatic amines is 1. The highest BCUT2D eigenvalue weighted by Crippen LogP contribution is 2.28. The number of carbonyl (C=O) groups is 1. The van der Waals surface area contributed by atoms with Gasteiger partial charge in [0.15, 0.2) is 0 Å². The molecule has 2 aromatic carbocycles. The number of esters is 1. The van der Waals surface area contributed by atoms with Crippen LogP contribution in [0.3, 0.4) is 0 Å². The van der Waals surface area contributed by atoms with Gasteiger partial charge in [-0.2, -0.15) is 0 Å². The van der Waals surface area contributed by atoms with Gasteiger partial charge in [0.1, 0.15) is 0 Å². The van der Waals surface area contributed by atoms with Gasteiger partial charge in [0.25, 0.3) is 0 Å². The van der Waals surface area contributed by atoms with Crippen LogP contribution in [0.4, 0.5) is 5.69 Å². The number of hydrogen-bond donors (Lipinski definition) is 1. The topological polar surface area (TPSA) is 98.4 Å². The molecule has 0 aliphatic heterocycles. The van der Waals surface area contributed by atoms with Crippen molar-refractivity contribution < 1.29 is 9.53 Å². The van der Waals surface area contributed by atoms with Crippen LogP contribution in [0.25, 0.3) is 0 Å². The van der Waals surface area contributed by atoms with Crippen LogP contribution in [-0.2, 0) is 22.6 Å². The maximum absolute atomic E-state index is 13.4. The molecule has 1 atom stereocenters. The molecular formula is C27H27ClN4O4. The molecule has 0 radical (unpaired) electrons. The summed E-state index contributed by atoms with van der Waals surface area (Å²) in [6.07, 6.45) is 2.31. The van der Waals surface area contributed by atoms with Gasteiger partial charge in [-0.1, -0.05) is 42.5 Å². The van der Waals surface area contributed by atoms with E-state index in [1.807, 2.05) is 19.1 Å². The summed E-state index contributed by atoms with van der Waals surface area (Å²) in [5.41, 5.74) is 2.09. The molecule has 1 unspecified atom stereocenters. The lowest BCUT2D eigenvalue weighted by Gasteiger charge is -2.14. The van der Waals surface area contributed by atoms with Crippen molar-refractivity contribution >= 4 is 23.3 Å². The van der Waals surface area contributed by atoms with Crippen LogP contribution in [-0.4, -0.2) is 27.2 Å². The van der Waals surface area contributed by atoms with E-state index in [2.05, 4.69) is 21.8 Å². The fraction of sp³-hybridized carbons (Fsp3) is 0.333. The lowest BCUT2D eigenvalue weighted by molar-refractivity contribution is -0.145. The van der Waals surface area contributed by atoms with Crippen LogP contribution < -0.4 is 17.0 Å². The Kier molecular flexibility index (Phi) is 7.61. The van der Waals surface area contributed by atoms with Crippen LogP contribution in [0.5, 0.6) is 0 Å². The van der Waals surface area contributed by atoms with Crippen molar-refractivity contribution in [2.75, 3.05) is 7.11 Å². The van der Waals surface area contributed by atoms with E-state index in [0.29, 0.717) is 16.6 Å². The minimum atomic E-state index is -0.687. The second-order valence-corrected chi connectivity index (χ2v) is 9.37. The molecule has 1 heterocycles. The lowest BCUT2D eigenvalue weighted by Crippen LogP contribution is -2.51. The normalized spacial score (nSPS) is 14.2. The SMILES string of the molecule is COC(=O)C(C)Cn1c(=O)[nH]c(=Nc2ccc(C#CC3CC3)c(C)c2)n(Cc2ccc(Cl)cc2)c1=O. The summed E-state index contributed by atoms with van der Waals surface area (Å²) < 4.78 is 7.09. The number of halogens is 1. The minimum absolute atomic E-state index is 0.0955. The molecule has 36 heavy (non-hydrogen) atoms. The Labute approximate surface area is 213 Å². The van der Waals surface area contributed by atoms with E-state index in [0.717, 1.165) is 34.1 Å². The number of carbonyl (C=O) groups excluding carboxylic acids is 1. The molecular weight excluding hydrogens is 480 g/mol. The van der Waals surface area contributed by atoms with E-state index in [-0.39, 0.29) is 18.7 Å². The first-order chi connectivity index (χ1) is 17.2. The summed E-state index contributed by atoms with van der Waals surface area (Å²) in [5.74, 6) is 5.77. The van der Waals surface area contributed by atoms with E-state index < -0.39 is 23.3 Å². The van der Waals surface area contributed by atoms with Crippen molar-refractivity contribution in [3.63, 3.8) is 0 Å². The molecule has 1 saturated carbocycles. The first-order valence-electron chi connectivity index (χ1n) is 11.7. The van der Waals surface area contributed by atoms with Gasteiger partial charge in [0, 0.05) is 23.0 Å². The van der Waals surface area contributed by atoms with Gasteiger partial charge in [0.2, 0.25) is 5.62 Å². The third-order valence-corrected chi connectivity index (χ3v) is 6.18. The van der Waals surface area contributed by atoms with Crippen molar-refractivity contribution in [2.24, 2.45) is 16.8 Å². The number of aryl methyl sites for hydroxylation is 1. The second-order valence-electron chi connectivity index (χ2n) is 8.94. The van der Waals surface area contributed by atoms with E-state index in [9.17, 15) is 14.4 Å². The van der Waals surface area contributed by atoms with Crippen molar-refractivity contribution in [2.45, 2.75) is 39.8 Å². The molecule has 1 aliphatic carbocycles. The standard InChI is InChI=1S/C27H27ClN4O4/c1-17-14-23(13-10-21(17)9-6-19-4-5-19)29-25-30-26(34)32(15-18(2)24(33)36-3)27(35)31(25)16-20-7-11-22(28)12-8-20/h7-8,10-14,18-19H,4-5,15-16H2,1-3H3,(H,29,30,34). The highest BCUT2D eigenvalue weighted by molar-refractivity contribution is 6.30. The van der Waals surface area contributed by atoms with Gasteiger partial charge in [-0.15, -0.1) is 0 Å². The lowest BCUT2D eigenvalue weighted by atomic mass is 10.1. The number of aromatic nitrogens is 3. The Morgan fingerprint density at radius 3 is 2.56 bits per heavy atom. The summed E-state index contributed by atoms with van der Waals surface area (Å²) in [6, 6.07) is 12.6. The molecule has 3 aromatic rings.